The summed E-state index contributed by atoms with van der Waals surface area (Å²) in [5.74, 6) is -0.651. The highest BCUT2D eigenvalue weighted by Crippen LogP contribution is 2.37. The molecule has 1 aromatic carbocycles. The summed E-state index contributed by atoms with van der Waals surface area (Å²) in [5, 5.41) is 9.55. The number of hydrogen-bond donors (Lipinski definition) is 1. The van der Waals surface area contributed by atoms with Crippen molar-refractivity contribution in [3.8, 4) is 5.75 Å². The van der Waals surface area contributed by atoms with Crippen molar-refractivity contribution in [1.82, 2.24) is 0 Å². The first kappa shape index (κ1) is 12.9. The van der Waals surface area contributed by atoms with Crippen LogP contribution in [0.2, 0.25) is 5.02 Å². The molecule has 1 aliphatic rings. The van der Waals surface area contributed by atoms with E-state index in [0.717, 1.165) is 12.8 Å². The van der Waals surface area contributed by atoms with Crippen molar-refractivity contribution >= 4 is 23.9 Å². The van der Waals surface area contributed by atoms with Crippen molar-refractivity contribution in [2.24, 2.45) is 0 Å². The van der Waals surface area contributed by atoms with Gasteiger partial charge in [0.05, 0.1) is 5.02 Å². The van der Waals surface area contributed by atoms with Gasteiger partial charge in [0.1, 0.15) is 12.0 Å². The van der Waals surface area contributed by atoms with Gasteiger partial charge in [0.25, 0.3) is 0 Å². The van der Waals surface area contributed by atoms with Crippen LogP contribution in [0.15, 0.2) is 18.2 Å². The second kappa shape index (κ2) is 4.98. The van der Waals surface area contributed by atoms with E-state index in [1.165, 1.54) is 12.1 Å². The molecular formula is C13H13ClO4. The highest BCUT2D eigenvalue weighted by atomic mass is 35.5. The molecule has 2 rings (SSSR count). The molecule has 1 fully saturated rings. The average molecular weight is 269 g/mol. The normalized spacial score (nSPS) is 17.4. The van der Waals surface area contributed by atoms with Crippen LogP contribution >= 0.6 is 11.6 Å². The molecule has 0 atom stereocenters. The lowest BCUT2D eigenvalue weighted by atomic mass is 10.0. The standard InChI is InChI=1S/C13H13ClO4/c14-10-7-9(8-15)3-4-11(10)18-13(12(16)17)5-1-2-6-13/h3-4,7-8H,1-2,5-6H2,(H,16,17). The Morgan fingerprint density at radius 1 is 1.39 bits per heavy atom. The number of benzene rings is 1. The molecule has 0 radical (unpaired) electrons. The van der Waals surface area contributed by atoms with Crippen LogP contribution in [0, 0.1) is 0 Å². The maximum absolute atomic E-state index is 11.3. The topological polar surface area (TPSA) is 63.6 Å². The van der Waals surface area contributed by atoms with Crippen LogP contribution in [0.3, 0.4) is 0 Å². The molecule has 0 spiro atoms. The van der Waals surface area contributed by atoms with Crippen LogP contribution in [-0.2, 0) is 4.79 Å². The number of hydrogen-bond acceptors (Lipinski definition) is 3. The lowest BCUT2D eigenvalue weighted by Gasteiger charge is -2.26. The van der Waals surface area contributed by atoms with Crippen molar-refractivity contribution in [2.75, 3.05) is 0 Å². The van der Waals surface area contributed by atoms with Crippen LogP contribution in [0.1, 0.15) is 36.0 Å². The van der Waals surface area contributed by atoms with E-state index >= 15 is 0 Å². The summed E-state index contributed by atoms with van der Waals surface area (Å²) in [6.45, 7) is 0. The van der Waals surface area contributed by atoms with Gasteiger partial charge in [-0.25, -0.2) is 4.79 Å². The summed E-state index contributed by atoms with van der Waals surface area (Å²) < 4.78 is 5.61. The molecule has 0 saturated heterocycles. The van der Waals surface area contributed by atoms with Gasteiger partial charge in [0.2, 0.25) is 5.60 Å². The number of halogens is 1. The molecule has 5 heteroatoms. The van der Waals surface area contributed by atoms with Crippen LogP contribution in [0.4, 0.5) is 0 Å². The molecule has 18 heavy (non-hydrogen) atoms. The van der Waals surface area contributed by atoms with E-state index in [1.807, 2.05) is 0 Å². The fourth-order valence-corrected chi connectivity index (χ4v) is 2.42. The van der Waals surface area contributed by atoms with Crippen molar-refractivity contribution in [1.29, 1.82) is 0 Å². The molecule has 4 nitrogen and oxygen atoms in total. The summed E-state index contributed by atoms with van der Waals surface area (Å²) in [6.07, 6.45) is 3.30. The molecule has 0 amide bonds. The third-order valence-corrected chi connectivity index (χ3v) is 3.49. The molecule has 0 bridgehead atoms. The van der Waals surface area contributed by atoms with E-state index in [4.69, 9.17) is 16.3 Å². The van der Waals surface area contributed by atoms with Crippen LogP contribution in [0.25, 0.3) is 0 Å². The second-order valence-electron chi connectivity index (χ2n) is 4.42. The van der Waals surface area contributed by atoms with Crippen LogP contribution in [0.5, 0.6) is 5.75 Å². The van der Waals surface area contributed by atoms with Crippen LogP contribution in [-0.4, -0.2) is 23.0 Å². The number of rotatable bonds is 4. The van der Waals surface area contributed by atoms with Crippen molar-refractivity contribution in [3.63, 3.8) is 0 Å². The van der Waals surface area contributed by atoms with E-state index in [2.05, 4.69) is 0 Å². The number of carbonyl (C=O) groups excluding carboxylic acids is 1. The Balaban J connectivity index is 2.27. The SMILES string of the molecule is O=Cc1ccc(OC2(C(=O)O)CCCC2)c(Cl)c1. The van der Waals surface area contributed by atoms with Gasteiger partial charge in [0, 0.05) is 5.56 Å². The highest BCUT2D eigenvalue weighted by molar-refractivity contribution is 6.32. The summed E-state index contributed by atoms with van der Waals surface area (Å²) >= 11 is 5.98. The minimum absolute atomic E-state index is 0.257. The third kappa shape index (κ3) is 2.34. The van der Waals surface area contributed by atoms with E-state index in [0.29, 0.717) is 30.4 Å². The van der Waals surface area contributed by atoms with Crippen molar-refractivity contribution < 1.29 is 19.4 Å². The quantitative estimate of drug-likeness (QED) is 0.853. The van der Waals surface area contributed by atoms with Gasteiger partial charge in [0.15, 0.2) is 0 Å². The molecule has 0 unspecified atom stereocenters. The first-order valence-electron chi connectivity index (χ1n) is 5.74. The number of carbonyl (C=O) groups is 2. The molecule has 0 aromatic heterocycles. The molecule has 1 aliphatic carbocycles. The maximum Gasteiger partial charge on any atom is 0.348 e. The molecule has 0 heterocycles. The fourth-order valence-electron chi connectivity index (χ4n) is 2.19. The van der Waals surface area contributed by atoms with Gasteiger partial charge in [-0.05, 0) is 43.9 Å². The maximum atomic E-state index is 11.3. The number of aldehydes is 1. The smallest absolute Gasteiger partial charge is 0.348 e. The lowest BCUT2D eigenvalue weighted by molar-refractivity contribution is -0.154. The van der Waals surface area contributed by atoms with Gasteiger partial charge in [-0.2, -0.15) is 0 Å². The zero-order valence-corrected chi connectivity index (χ0v) is 10.4. The summed E-state index contributed by atoms with van der Waals surface area (Å²) in [6, 6.07) is 4.56. The number of carboxylic acids is 1. The predicted octanol–water partition coefficient (Wildman–Crippen LogP) is 2.93. The number of carboxylic acid groups (broad SMARTS) is 1. The Labute approximate surface area is 110 Å². The van der Waals surface area contributed by atoms with Gasteiger partial charge < -0.3 is 9.84 Å². The predicted molar refractivity (Wildman–Crippen MR) is 66.3 cm³/mol. The monoisotopic (exact) mass is 268 g/mol. The Kier molecular flexibility index (Phi) is 3.57. The van der Waals surface area contributed by atoms with Crippen LogP contribution < -0.4 is 4.74 Å². The summed E-state index contributed by atoms with van der Waals surface area (Å²) in [7, 11) is 0. The summed E-state index contributed by atoms with van der Waals surface area (Å²) in [4.78, 5) is 21.9. The van der Waals surface area contributed by atoms with Gasteiger partial charge >= 0.3 is 5.97 Å². The average Bonchev–Trinajstić information content (AvgIpc) is 2.81. The Morgan fingerprint density at radius 3 is 2.56 bits per heavy atom. The Morgan fingerprint density at radius 2 is 2.06 bits per heavy atom. The lowest BCUT2D eigenvalue weighted by Crippen LogP contribution is -2.41. The van der Waals surface area contributed by atoms with Gasteiger partial charge in [-0.1, -0.05) is 11.6 Å². The Bertz CT molecular complexity index is 478. The minimum atomic E-state index is -1.17. The number of ether oxygens (including phenoxy) is 1. The zero-order valence-electron chi connectivity index (χ0n) is 9.69. The first-order chi connectivity index (χ1) is 8.57. The molecule has 1 aromatic rings. The Hall–Kier alpha value is -1.55. The third-order valence-electron chi connectivity index (χ3n) is 3.20. The highest BCUT2D eigenvalue weighted by Gasteiger charge is 2.44. The molecule has 1 N–H and O–H groups in total. The minimum Gasteiger partial charge on any atom is -0.478 e. The molecule has 1 saturated carbocycles. The van der Waals surface area contributed by atoms with Gasteiger partial charge in [-0.15, -0.1) is 0 Å². The molecular weight excluding hydrogens is 256 g/mol. The van der Waals surface area contributed by atoms with E-state index in [9.17, 15) is 14.7 Å². The van der Waals surface area contributed by atoms with E-state index in [1.54, 1.807) is 6.07 Å². The van der Waals surface area contributed by atoms with Crippen molar-refractivity contribution in [2.45, 2.75) is 31.3 Å². The van der Waals surface area contributed by atoms with E-state index in [-0.39, 0.29) is 5.02 Å². The fraction of sp³-hybridized carbons (Fsp3) is 0.385. The zero-order chi connectivity index (χ0) is 13.2. The van der Waals surface area contributed by atoms with Gasteiger partial charge in [-0.3, -0.25) is 4.79 Å². The van der Waals surface area contributed by atoms with Crippen molar-refractivity contribution in [3.05, 3.63) is 28.8 Å². The summed E-state index contributed by atoms with van der Waals surface area (Å²) in [5.41, 5.74) is -0.741. The molecule has 0 aliphatic heterocycles. The second-order valence-corrected chi connectivity index (χ2v) is 4.82. The largest absolute Gasteiger partial charge is 0.478 e. The molecule has 96 valence electrons. The number of aliphatic carboxylic acids is 1. The van der Waals surface area contributed by atoms with E-state index < -0.39 is 11.6 Å². The first-order valence-corrected chi connectivity index (χ1v) is 6.12.